The maximum absolute atomic E-state index is 4.82. The van der Waals surface area contributed by atoms with E-state index in [0.29, 0.717) is 5.92 Å². The van der Waals surface area contributed by atoms with Crippen molar-refractivity contribution in [3.05, 3.63) is 22.6 Å². The minimum atomic E-state index is 0.548. The molecule has 2 aliphatic rings. The van der Waals surface area contributed by atoms with Gasteiger partial charge in [-0.3, -0.25) is 4.40 Å². The lowest BCUT2D eigenvalue weighted by Gasteiger charge is -2.27. The van der Waals surface area contributed by atoms with E-state index in [0.717, 1.165) is 28.1 Å². The van der Waals surface area contributed by atoms with Crippen LogP contribution < -0.4 is 0 Å². The summed E-state index contributed by atoms with van der Waals surface area (Å²) in [6.07, 6.45) is 15.0. The van der Waals surface area contributed by atoms with E-state index < -0.39 is 0 Å². The number of thiophene rings is 1. The molecular formula is C22H30N4S. The number of fused-ring (bicyclic) bond motifs is 5. The molecule has 0 radical (unpaired) electrons. The van der Waals surface area contributed by atoms with E-state index in [1.165, 1.54) is 80.0 Å². The van der Waals surface area contributed by atoms with Crippen LogP contribution in [0.15, 0.2) is 6.33 Å². The number of rotatable bonds is 4. The van der Waals surface area contributed by atoms with Crippen LogP contribution in [0.3, 0.4) is 0 Å². The van der Waals surface area contributed by atoms with Crippen LogP contribution in [0.1, 0.15) is 87.4 Å². The van der Waals surface area contributed by atoms with Crippen LogP contribution in [0, 0.1) is 11.8 Å². The summed E-state index contributed by atoms with van der Waals surface area (Å²) in [5.74, 6) is 3.41. The fourth-order valence-corrected chi connectivity index (χ4v) is 6.58. The van der Waals surface area contributed by atoms with Crippen LogP contribution in [-0.2, 0) is 12.8 Å². The zero-order valence-corrected chi connectivity index (χ0v) is 17.4. The average Bonchev–Trinajstić information content (AvgIpc) is 3.27. The van der Waals surface area contributed by atoms with Crippen molar-refractivity contribution < 1.29 is 0 Å². The Hall–Kier alpha value is -1.49. The lowest BCUT2D eigenvalue weighted by atomic mass is 9.79. The highest BCUT2D eigenvalue weighted by atomic mass is 32.1. The number of hydrogen-bond acceptors (Lipinski definition) is 4. The molecule has 2 aliphatic carbocycles. The van der Waals surface area contributed by atoms with Crippen LogP contribution in [0.2, 0.25) is 0 Å². The molecule has 4 nitrogen and oxygen atoms in total. The first-order valence-electron chi connectivity index (χ1n) is 10.9. The first-order chi connectivity index (χ1) is 13.2. The SMILES string of the molecule is CCCCC1CCC(c2nnc3c4c5c(sc4ncn23)C[C@@H](C)CC5)CC1. The van der Waals surface area contributed by atoms with Crippen LogP contribution in [0.5, 0.6) is 0 Å². The van der Waals surface area contributed by atoms with Gasteiger partial charge in [0.05, 0.1) is 5.39 Å². The van der Waals surface area contributed by atoms with Gasteiger partial charge in [-0.2, -0.15) is 0 Å². The topological polar surface area (TPSA) is 43.1 Å². The summed E-state index contributed by atoms with van der Waals surface area (Å²) in [7, 11) is 0. The molecule has 3 aromatic heterocycles. The molecule has 3 heterocycles. The van der Waals surface area contributed by atoms with Crippen molar-refractivity contribution in [2.75, 3.05) is 0 Å². The van der Waals surface area contributed by atoms with Crippen LogP contribution >= 0.6 is 11.3 Å². The third kappa shape index (κ3) is 3.08. The number of aryl methyl sites for hydroxylation is 1. The van der Waals surface area contributed by atoms with Crippen LogP contribution in [0.4, 0.5) is 0 Å². The Morgan fingerprint density at radius 1 is 1.15 bits per heavy atom. The van der Waals surface area contributed by atoms with Gasteiger partial charge >= 0.3 is 0 Å². The second kappa shape index (κ2) is 7.16. The second-order valence-corrected chi connectivity index (χ2v) is 9.97. The predicted octanol–water partition coefficient (Wildman–Crippen LogP) is 5.93. The molecule has 27 heavy (non-hydrogen) atoms. The van der Waals surface area contributed by atoms with Gasteiger partial charge < -0.3 is 0 Å². The fraction of sp³-hybridized carbons (Fsp3) is 0.682. The standard InChI is InChI=1S/C22H30N4S/c1-3-4-5-15-7-9-16(10-8-15)20-24-25-21-19-17-11-6-14(2)12-18(17)27-22(19)23-13-26(20)21/h13-16H,3-12H2,1-2H3/t14-,15?,16?/m0/s1. The zero-order chi connectivity index (χ0) is 18.4. The van der Waals surface area contributed by atoms with Crippen molar-refractivity contribution in [3.8, 4) is 0 Å². The summed E-state index contributed by atoms with van der Waals surface area (Å²) in [4.78, 5) is 7.51. The third-order valence-electron chi connectivity index (χ3n) is 6.91. The normalized spacial score (nSPS) is 25.9. The smallest absolute Gasteiger partial charge is 0.172 e. The van der Waals surface area contributed by atoms with E-state index in [2.05, 4.69) is 28.4 Å². The molecule has 5 heteroatoms. The van der Waals surface area contributed by atoms with E-state index in [1.54, 1.807) is 0 Å². The summed E-state index contributed by atoms with van der Waals surface area (Å²) in [5.41, 5.74) is 2.56. The van der Waals surface area contributed by atoms with E-state index in [1.807, 2.05) is 17.7 Å². The van der Waals surface area contributed by atoms with Crippen molar-refractivity contribution >= 4 is 27.2 Å². The molecule has 0 saturated heterocycles. The minimum Gasteiger partial charge on any atom is -0.268 e. The highest BCUT2D eigenvalue weighted by molar-refractivity contribution is 7.19. The number of unbranched alkanes of at least 4 members (excludes halogenated alkanes) is 1. The fourth-order valence-electron chi connectivity index (χ4n) is 5.24. The Balaban J connectivity index is 1.46. The molecule has 144 valence electrons. The Morgan fingerprint density at radius 2 is 2.00 bits per heavy atom. The van der Waals surface area contributed by atoms with Crippen molar-refractivity contribution in [2.24, 2.45) is 11.8 Å². The molecule has 0 spiro atoms. The molecular weight excluding hydrogens is 352 g/mol. The summed E-state index contributed by atoms with van der Waals surface area (Å²) >= 11 is 1.88. The Kier molecular flexibility index (Phi) is 4.66. The maximum Gasteiger partial charge on any atom is 0.172 e. The van der Waals surface area contributed by atoms with E-state index >= 15 is 0 Å². The molecule has 0 N–H and O–H groups in total. The Labute approximate surface area is 165 Å². The Bertz CT molecular complexity index is 948. The molecule has 1 fully saturated rings. The monoisotopic (exact) mass is 382 g/mol. The van der Waals surface area contributed by atoms with Gasteiger partial charge in [-0.1, -0.05) is 33.1 Å². The molecule has 1 saturated carbocycles. The van der Waals surface area contributed by atoms with E-state index in [-0.39, 0.29) is 0 Å². The zero-order valence-electron chi connectivity index (χ0n) is 16.6. The summed E-state index contributed by atoms with van der Waals surface area (Å²) < 4.78 is 2.21. The molecule has 3 aromatic rings. The summed E-state index contributed by atoms with van der Waals surface area (Å²) in [6.45, 7) is 4.66. The Morgan fingerprint density at radius 3 is 2.81 bits per heavy atom. The lowest BCUT2D eigenvalue weighted by Crippen LogP contribution is -2.15. The van der Waals surface area contributed by atoms with Gasteiger partial charge in [-0.15, -0.1) is 21.5 Å². The molecule has 0 unspecified atom stereocenters. The second-order valence-electron chi connectivity index (χ2n) is 8.89. The molecule has 0 amide bonds. The van der Waals surface area contributed by atoms with Crippen molar-refractivity contribution in [3.63, 3.8) is 0 Å². The average molecular weight is 383 g/mol. The summed E-state index contributed by atoms with van der Waals surface area (Å²) in [5, 5.41) is 10.6. The van der Waals surface area contributed by atoms with Gasteiger partial charge in [0.25, 0.3) is 0 Å². The van der Waals surface area contributed by atoms with Crippen molar-refractivity contribution in [1.82, 2.24) is 19.6 Å². The number of aromatic nitrogens is 4. The largest absolute Gasteiger partial charge is 0.268 e. The van der Waals surface area contributed by atoms with Gasteiger partial charge in [0.15, 0.2) is 5.65 Å². The first kappa shape index (κ1) is 17.6. The molecule has 0 aromatic carbocycles. The van der Waals surface area contributed by atoms with Crippen molar-refractivity contribution in [2.45, 2.75) is 84.0 Å². The number of hydrogen-bond donors (Lipinski definition) is 0. The van der Waals surface area contributed by atoms with Crippen LogP contribution in [-0.4, -0.2) is 19.6 Å². The third-order valence-corrected chi connectivity index (χ3v) is 8.07. The molecule has 5 rings (SSSR count). The van der Waals surface area contributed by atoms with Gasteiger partial charge in [0, 0.05) is 10.8 Å². The predicted molar refractivity (Wildman–Crippen MR) is 112 cm³/mol. The van der Waals surface area contributed by atoms with Crippen LogP contribution in [0.25, 0.3) is 15.9 Å². The van der Waals surface area contributed by atoms with E-state index in [4.69, 9.17) is 4.98 Å². The van der Waals surface area contributed by atoms with Gasteiger partial charge in [0.1, 0.15) is 17.0 Å². The van der Waals surface area contributed by atoms with Crippen molar-refractivity contribution in [1.29, 1.82) is 0 Å². The highest BCUT2D eigenvalue weighted by Gasteiger charge is 2.28. The molecule has 1 atom stereocenters. The lowest BCUT2D eigenvalue weighted by molar-refractivity contribution is 0.297. The summed E-state index contributed by atoms with van der Waals surface area (Å²) in [6, 6.07) is 0. The highest BCUT2D eigenvalue weighted by Crippen LogP contribution is 2.40. The minimum absolute atomic E-state index is 0.548. The molecule has 0 bridgehead atoms. The van der Waals surface area contributed by atoms with Gasteiger partial charge in [-0.25, -0.2) is 4.98 Å². The number of nitrogens with zero attached hydrogens (tertiary/aromatic N) is 4. The maximum atomic E-state index is 4.82. The van der Waals surface area contributed by atoms with E-state index in [9.17, 15) is 0 Å². The molecule has 0 aliphatic heterocycles. The van der Waals surface area contributed by atoms with Gasteiger partial charge in [-0.05, 0) is 62.3 Å². The van der Waals surface area contributed by atoms with Gasteiger partial charge in [0.2, 0.25) is 0 Å². The quantitative estimate of drug-likeness (QED) is 0.562. The first-order valence-corrected chi connectivity index (χ1v) is 11.7.